The van der Waals surface area contributed by atoms with Gasteiger partial charge in [-0.1, -0.05) is 11.6 Å². The number of nitrogens with zero attached hydrogens (tertiary/aromatic N) is 2. The third-order valence-electron chi connectivity index (χ3n) is 2.74. The molecule has 0 spiro atoms. The van der Waals surface area contributed by atoms with Crippen molar-refractivity contribution in [2.24, 2.45) is 0 Å². The van der Waals surface area contributed by atoms with Gasteiger partial charge in [0.15, 0.2) is 5.11 Å². The van der Waals surface area contributed by atoms with Crippen molar-refractivity contribution in [3.63, 3.8) is 0 Å². The lowest BCUT2D eigenvalue weighted by atomic mass is 10.4. The molecule has 0 amide bonds. The van der Waals surface area contributed by atoms with Crippen LogP contribution >= 0.6 is 23.8 Å². The van der Waals surface area contributed by atoms with Crippen LogP contribution in [0, 0.1) is 6.92 Å². The normalized spacial score (nSPS) is 10.5. The van der Waals surface area contributed by atoms with E-state index in [4.69, 9.17) is 28.2 Å². The smallest absolute Gasteiger partial charge is 0.166 e. The molecule has 0 aliphatic carbocycles. The van der Waals surface area contributed by atoms with Crippen molar-refractivity contribution in [2.45, 2.75) is 26.4 Å². The van der Waals surface area contributed by atoms with E-state index >= 15 is 0 Å². The molecule has 2 N–H and O–H groups in total. The molecule has 20 heavy (non-hydrogen) atoms. The Bertz CT molecular complexity index is 533. The number of hydrogen-bond acceptors (Lipinski definition) is 3. The highest BCUT2D eigenvalue weighted by atomic mass is 35.5. The first-order valence-electron chi connectivity index (χ1n) is 6.39. The van der Waals surface area contributed by atoms with E-state index in [1.165, 1.54) is 0 Å². The van der Waals surface area contributed by atoms with Crippen molar-refractivity contribution in [2.75, 3.05) is 6.54 Å². The Balaban J connectivity index is 1.59. The number of hydrogen-bond donors (Lipinski definition) is 2. The van der Waals surface area contributed by atoms with Crippen LogP contribution in [0.1, 0.15) is 17.9 Å². The highest BCUT2D eigenvalue weighted by Crippen LogP contribution is 2.11. The van der Waals surface area contributed by atoms with Gasteiger partial charge >= 0.3 is 0 Å². The van der Waals surface area contributed by atoms with Gasteiger partial charge in [-0.15, -0.1) is 0 Å². The predicted octanol–water partition coefficient (Wildman–Crippen LogP) is 2.49. The topological polar surface area (TPSA) is 55.0 Å². The van der Waals surface area contributed by atoms with Crippen LogP contribution in [0.5, 0.6) is 0 Å². The van der Waals surface area contributed by atoms with Crippen LogP contribution in [0.15, 0.2) is 29.0 Å². The average Bonchev–Trinajstić information content (AvgIpc) is 3.03. The fraction of sp³-hybridized carbons (Fsp3) is 0.385. The molecule has 2 aromatic heterocycles. The molecule has 0 aliphatic heterocycles. The number of halogens is 1. The summed E-state index contributed by atoms with van der Waals surface area (Å²) in [5.41, 5.74) is 0.857. The lowest BCUT2D eigenvalue weighted by Crippen LogP contribution is -2.35. The van der Waals surface area contributed by atoms with Crippen LogP contribution < -0.4 is 10.6 Å². The molecule has 0 radical (unpaired) electrons. The molecule has 108 valence electrons. The molecule has 0 saturated heterocycles. The molecule has 0 bridgehead atoms. The Morgan fingerprint density at radius 2 is 2.35 bits per heavy atom. The zero-order valence-electron chi connectivity index (χ0n) is 11.2. The van der Waals surface area contributed by atoms with Crippen molar-refractivity contribution < 1.29 is 4.42 Å². The van der Waals surface area contributed by atoms with Gasteiger partial charge in [0.2, 0.25) is 0 Å². The minimum Gasteiger partial charge on any atom is -0.467 e. The number of aryl methyl sites for hydroxylation is 2. The summed E-state index contributed by atoms with van der Waals surface area (Å²) in [4.78, 5) is 0. The third-order valence-corrected chi connectivity index (χ3v) is 3.40. The lowest BCUT2D eigenvalue weighted by molar-refractivity contribution is 0.502. The van der Waals surface area contributed by atoms with E-state index in [0.29, 0.717) is 16.7 Å². The number of furan rings is 1. The molecule has 0 unspecified atom stereocenters. The second-order valence-electron chi connectivity index (χ2n) is 4.37. The number of thiocarbonyl (C=S) groups is 1. The molecule has 2 aromatic rings. The maximum atomic E-state index is 5.94. The number of nitrogens with one attached hydrogen (secondary N) is 2. The monoisotopic (exact) mass is 312 g/mol. The molecular weight excluding hydrogens is 296 g/mol. The van der Waals surface area contributed by atoms with Gasteiger partial charge in [-0.3, -0.25) is 4.68 Å². The Morgan fingerprint density at radius 1 is 1.50 bits per heavy atom. The van der Waals surface area contributed by atoms with E-state index in [9.17, 15) is 0 Å². The van der Waals surface area contributed by atoms with E-state index in [1.54, 1.807) is 6.26 Å². The van der Waals surface area contributed by atoms with Crippen molar-refractivity contribution in [1.82, 2.24) is 20.4 Å². The van der Waals surface area contributed by atoms with E-state index in [-0.39, 0.29) is 0 Å². The van der Waals surface area contributed by atoms with E-state index in [1.807, 2.05) is 29.9 Å². The number of aromatic nitrogens is 2. The molecule has 2 heterocycles. The summed E-state index contributed by atoms with van der Waals surface area (Å²) in [5.74, 6) is 0.857. The van der Waals surface area contributed by atoms with E-state index in [0.717, 1.165) is 31.0 Å². The van der Waals surface area contributed by atoms with E-state index < -0.39 is 0 Å². The molecule has 7 heteroatoms. The molecule has 0 atom stereocenters. The summed E-state index contributed by atoms with van der Waals surface area (Å²) in [6, 6.07) is 3.75. The zero-order chi connectivity index (χ0) is 14.4. The van der Waals surface area contributed by atoms with Gasteiger partial charge in [-0.2, -0.15) is 5.10 Å². The van der Waals surface area contributed by atoms with Crippen LogP contribution in [-0.2, 0) is 13.1 Å². The third kappa shape index (κ3) is 4.54. The maximum Gasteiger partial charge on any atom is 0.166 e. The van der Waals surface area contributed by atoms with Gasteiger partial charge in [0, 0.05) is 19.3 Å². The molecular formula is C13H17ClN4OS. The predicted molar refractivity (Wildman–Crippen MR) is 82.7 cm³/mol. The first-order chi connectivity index (χ1) is 9.65. The molecule has 0 saturated carbocycles. The van der Waals surface area contributed by atoms with Gasteiger partial charge in [0.1, 0.15) is 5.76 Å². The van der Waals surface area contributed by atoms with Crippen LogP contribution in [0.3, 0.4) is 0 Å². The van der Waals surface area contributed by atoms with Gasteiger partial charge in [-0.05, 0) is 37.7 Å². The summed E-state index contributed by atoms with van der Waals surface area (Å²) in [7, 11) is 0. The fourth-order valence-corrected chi connectivity index (χ4v) is 2.02. The first-order valence-corrected chi connectivity index (χ1v) is 7.17. The second kappa shape index (κ2) is 7.31. The Labute approximate surface area is 128 Å². The standard InChI is InChI=1S/C13H17ClN4OS/c1-10-12(14)9-18(17-10)6-3-5-15-13(20)16-8-11-4-2-7-19-11/h2,4,7,9H,3,5-6,8H2,1H3,(H2,15,16,20). The summed E-state index contributed by atoms with van der Waals surface area (Å²) >= 11 is 11.1. The Morgan fingerprint density at radius 3 is 3.00 bits per heavy atom. The van der Waals surface area contributed by atoms with E-state index in [2.05, 4.69) is 15.7 Å². The van der Waals surface area contributed by atoms with Crippen LogP contribution in [0.2, 0.25) is 5.02 Å². The molecule has 2 rings (SSSR count). The van der Waals surface area contributed by atoms with Crippen LogP contribution in [0.4, 0.5) is 0 Å². The summed E-state index contributed by atoms with van der Waals surface area (Å²) < 4.78 is 7.05. The van der Waals surface area contributed by atoms with Crippen molar-refractivity contribution in [3.05, 3.63) is 41.1 Å². The molecule has 0 aromatic carbocycles. The zero-order valence-corrected chi connectivity index (χ0v) is 12.8. The summed E-state index contributed by atoms with van der Waals surface area (Å²) in [6.07, 6.45) is 4.40. The minimum absolute atomic E-state index is 0.590. The van der Waals surface area contributed by atoms with Crippen molar-refractivity contribution in [3.8, 4) is 0 Å². The van der Waals surface area contributed by atoms with Crippen LogP contribution in [0.25, 0.3) is 0 Å². The SMILES string of the molecule is Cc1nn(CCCNC(=S)NCc2ccco2)cc1Cl. The summed E-state index contributed by atoms with van der Waals surface area (Å²) in [5, 5.41) is 11.8. The molecule has 0 fully saturated rings. The quantitative estimate of drug-likeness (QED) is 0.634. The largest absolute Gasteiger partial charge is 0.467 e. The van der Waals surface area contributed by atoms with Crippen molar-refractivity contribution >= 4 is 28.9 Å². The highest BCUT2D eigenvalue weighted by Gasteiger charge is 2.02. The summed E-state index contributed by atoms with van der Waals surface area (Å²) in [6.45, 7) is 4.07. The molecule has 0 aliphatic rings. The van der Waals surface area contributed by atoms with Gasteiger partial charge < -0.3 is 15.1 Å². The fourth-order valence-electron chi connectivity index (χ4n) is 1.69. The Hall–Kier alpha value is -1.53. The first kappa shape index (κ1) is 14.9. The van der Waals surface area contributed by atoms with Gasteiger partial charge in [0.05, 0.1) is 23.5 Å². The number of rotatable bonds is 6. The average molecular weight is 313 g/mol. The second-order valence-corrected chi connectivity index (χ2v) is 5.18. The Kier molecular flexibility index (Phi) is 5.43. The van der Waals surface area contributed by atoms with Gasteiger partial charge in [-0.25, -0.2) is 0 Å². The maximum absolute atomic E-state index is 5.94. The molecule has 5 nitrogen and oxygen atoms in total. The van der Waals surface area contributed by atoms with Crippen LogP contribution in [-0.4, -0.2) is 21.4 Å². The minimum atomic E-state index is 0.590. The highest BCUT2D eigenvalue weighted by molar-refractivity contribution is 7.80. The van der Waals surface area contributed by atoms with Gasteiger partial charge in [0.25, 0.3) is 0 Å². The lowest BCUT2D eigenvalue weighted by Gasteiger charge is -2.09. The van der Waals surface area contributed by atoms with Crippen molar-refractivity contribution in [1.29, 1.82) is 0 Å².